The summed E-state index contributed by atoms with van der Waals surface area (Å²) >= 11 is 7.12. The molecule has 0 aliphatic heterocycles. The van der Waals surface area contributed by atoms with Gasteiger partial charge in [0.05, 0.1) is 9.91 Å². The predicted molar refractivity (Wildman–Crippen MR) is 91.7 cm³/mol. The van der Waals surface area contributed by atoms with Crippen molar-refractivity contribution < 1.29 is 14.6 Å². The van der Waals surface area contributed by atoms with Gasteiger partial charge in [-0.3, -0.25) is 0 Å². The summed E-state index contributed by atoms with van der Waals surface area (Å²) in [6.07, 6.45) is 1.63. The van der Waals surface area contributed by atoms with E-state index in [1.165, 1.54) is 11.3 Å². The van der Waals surface area contributed by atoms with Crippen LogP contribution in [0.4, 0.5) is 0 Å². The molecule has 1 heterocycles. The minimum absolute atomic E-state index is 0.224. The topological polar surface area (TPSA) is 46.5 Å². The molecule has 0 saturated carbocycles. The molecule has 1 aromatic heterocycles. The molecule has 0 radical (unpaired) electrons. The van der Waals surface area contributed by atoms with Crippen LogP contribution in [0.25, 0.3) is 11.6 Å². The molecular weight excluding hydrogens is 320 g/mol. The average Bonchev–Trinajstić information content (AvgIpc) is 2.82. The van der Waals surface area contributed by atoms with E-state index in [9.17, 15) is 9.90 Å². The van der Waals surface area contributed by atoms with Crippen molar-refractivity contribution in [1.29, 1.82) is 0 Å². The first-order valence-electron chi connectivity index (χ1n) is 6.74. The number of carbonyl (C=O) groups is 1. The Morgan fingerprint density at radius 2 is 1.82 bits per heavy atom. The Kier molecular flexibility index (Phi) is 4.94. The lowest BCUT2D eigenvalue weighted by Gasteiger charge is -2.21. The number of hydrogen-bond acceptors (Lipinski definition) is 3. The monoisotopic (exact) mass is 336 g/mol. The van der Waals surface area contributed by atoms with Crippen LogP contribution >= 0.6 is 22.9 Å². The second-order valence-electron chi connectivity index (χ2n) is 5.75. The summed E-state index contributed by atoms with van der Waals surface area (Å²) in [5.41, 5.74) is 0.752. The molecule has 3 nitrogen and oxygen atoms in total. The molecule has 0 saturated heterocycles. The molecule has 0 atom stereocenters. The van der Waals surface area contributed by atoms with Crippen LogP contribution in [0, 0.1) is 0 Å². The SMILES string of the molecule is CC(C)(C)Oc1ccc(/C=C(\C(=O)O)c2ccc(Cl)s2)cc1. The minimum Gasteiger partial charge on any atom is -0.488 e. The van der Waals surface area contributed by atoms with E-state index in [2.05, 4.69) is 0 Å². The number of halogens is 1. The number of benzene rings is 1. The van der Waals surface area contributed by atoms with Gasteiger partial charge in [-0.2, -0.15) is 0 Å². The predicted octanol–water partition coefficient (Wildman–Crippen LogP) is 5.20. The number of carboxylic acid groups (broad SMARTS) is 1. The van der Waals surface area contributed by atoms with Crippen LogP contribution in [0.5, 0.6) is 5.75 Å². The van der Waals surface area contributed by atoms with E-state index in [1.807, 2.05) is 45.0 Å². The van der Waals surface area contributed by atoms with Crippen LogP contribution in [-0.2, 0) is 4.79 Å². The molecule has 116 valence electrons. The van der Waals surface area contributed by atoms with E-state index in [-0.39, 0.29) is 11.2 Å². The van der Waals surface area contributed by atoms with Crippen molar-refractivity contribution in [2.45, 2.75) is 26.4 Å². The van der Waals surface area contributed by atoms with Crippen LogP contribution in [0.2, 0.25) is 4.34 Å². The van der Waals surface area contributed by atoms with Gasteiger partial charge in [-0.1, -0.05) is 23.7 Å². The van der Waals surface area contributed by atoms with Crippen molar-refractivity contribution in [2.75, 3.05) is 0 Å². The third-order valence-electron chi connectivity index (χ3n) is 2.68. The van der Waals surface area contributed by atoms with Crippen molar-refractivity contribution >= 4 is 40.6 Å². The first-order valence-corrected chi connectivity index (χ1v) is 7.94. The van der Waals surface area contributed by atoms with Gasteiger partial charge in [-0.15, -0.1) is 11.3 Å². The maximum Gasteiger partial charge on any atom is 0.337 e. The normalized spacial score (nSPS) is 12.3. The highest BCUT2D eigenvalue weighted by molar-refractivity contribution is 7.17. The third kappa shape index (κ3) is 4.61. The summed E-state index contributed by atoms with van der Waals surface area (Å²) in [6, 6.07) is 10.7. The maximum atomic E-state index is 11.4. The Bertz CT molecular complexity index is 693. The van der Waals surface area contributed by atoms with E-state index < -0.39 is 5.97 Å². The fraction of sp³-hybridized carbons (Fsp3) is 0.235. The molecule has 0 bridgehead atoms. The van der Waals surface area contributed by atoms with Crippen LogP contribution in [0.15, 0.2) is 36.4 Å². The number of thiophene rings is 1. The smallest absolute Gasteiger partial charge is 0.337 e. The standard InChI is InChI=1S/C17H17ClO3S/c1-17(2,3)21-12-6-4-11(5-7-12)10-13(16(19)20)14-8-9-15(18)22-14/h4-10H,1-3H3,(H,19,20)/b13-10-. The van der Waals surface area contributed by atoms with Crippen LogP contribution in [0.3, 0.4) is 0 Å². The highest BCUT2D eigenvalue weighted by Gasteiger charge is 2.14. The van der Waals surface area contributed by atoms with Crippen LogP contribution < -0.4 is 4.74 Å². The zero-order valence-corrected chi connectivity index (χ0v) is 14.2. The fourth-order valence-electron chi connectivity index (χ4n) is 1.85. The van der Waals surface area contributed by atoms with E-state index in [1.54, 1.807) is 18.2 Å². The first-order chi connectivity index (χ1) is 10.2. The molecule has 22 heavy (non-hydrogen) atoms. The molecule has 0 amide bonds. The van der Waals surface area contributed by atoms with Crippen molar-refractivity contribution in [3.63, 3.8) is 0 Å². The first kappa shape index (κ1) is 16.6. The quantitative estimate of drug-likeness (QED) is 0.780. The summed E-state index contributed by atoms with van der Waals surface area (Å²) in [5.74, 6) is -0.228. The largest absolute Gasteiger partial charge is 0.488 e. The molecule has 5 heteroatoms. The molecule has 1 N–H and O–H groups in total. The summed E-state index contributed by atoms with van der Waals surface area (Å²) in [7, 11) is 0. The molecule has 0 aliphatic carbocycles. The number of hydrogen-bond donors (Lipinski definition) is 1. The zero-order valence-electron chi connectivity index (χ0n) is 12.6. The molecule has 2 rings (SSSR count). The Morgan fingerprint density at radius 1 is 1.18 bits per heavy atom. The van der Waals surface area contributed by atoms with Gasteiger partial charge >= 0.3 is 5.97 Å². The summed E-state index contributed by atoms with van der Waals surface area (Å²) < 4.78 is 6.31. The van der Waals surface area contributed by atoms with Gasteiger partial charge in [0.1, 0.15) is 11.4 Å². The summed E-state index contributed by atoms with van der Waals surface area (Å²) in [5, 5.41) is 9.38. The Labute approximate surface area is 138 Å². The van der Waals surface area contributed by atoms with Crippen molar-refractivity contribution in [2.24, 2.45) is 0 Å². The molecule has 0 spiro atoms. The van der Waals surface area contributed by atoms with E-state index in [4.69, 9.17) is 16.3 Å². The lowest BCUT2D eigenvalue weighted by atomic mass is 10.1. The molecule has 2 aromatic rings. The minimum atomic E-state index is -0.978. The van der Waals surface area contributed by atoms with Gasteiger partial charge in [0, 0.05) is 4.88 Å². The van der Waals surface area contributed by atoms with Gasteiger partial charge in [0.15, 0.2) is 0 Å². The Morgan fingerprint density at radius 3 is 2.27 bits per heavy atom. The highest BCUT2D eigenvalue weighted by Crippen LogP contribution is 2.29. The maximum absolute atomic E-state index is 11.4. The number of aliphatic carboxylic acids is 1. The summed E-state index contributed by atoms with van der Waals surface area (Å²) in [6.45, 7) is 5.93. The molecule has 0 fully saturated rings. The number of carboxylic acids is 1. The number of rotatable bonds is 4. The second kappa shape index (κ2) is 6.55. The Balaban J connectivity index is 2.28. The highest BCUT2D eigenvalue weighted by atomic mass is 35.5. The molecule has 0 aliphatic rings. The van der Waals surface area contributed by atoms with Gasteiger partial charge in [-0.05, 0) is 56.7 Å². The summed E-state index contributed by atoms with van der Waals surface area (Å²) in [4.78, 5) is 12.1. The van der Waals surface area contributed by atoms with E-state index in [0.29, 0.717) is 9.21 Å². The average molecular weight is 337 g/mol. The fourth-order valence-corrected chi connectivity index (χ4v) is 2.90. The zero-order chi connectivity index (χ0) is 16.3. The lowest BCUT2D eigenvalue weighted by molar-refractivity contribution is -0.130. The van der Waals surface area contributed by atoms with Crippen molar-refractivity contribution in [1.82, 2.24) is 0 Å². The Hall–Kier alpha value is -1.78. The molecule has 0 unspecified atom stereocenters. The lowest BCUT2D eigenvalue weighted by Crippen LogP contribution is -2.22. The second-order valence-corrected chi connectivity index (χ2v) is 7.47. The van der Waals surface area contributed by atoms with Gasteiger partial charge < -0.3 is 9.84 Å². The van der Waals surface area contributed by atoms with Crippen molar-refractivity contribution in [3.8, 4) is 5.75 Å². The molecular formula is C17H17ClO3S. The van der Waals surface area contributed by atoms with Crippen molar-refractivity contribution in [3.05, 3.63) is 51.2 Å². The van der Waals surface area contributed by atoms with Gasteiger partial charge in [-0.25, -0.2) is 4.79 Å². The van der Waals surface area contributed by atoms with E-state index >= 15 is 0 Å². The third-order valence-corrected chi connectivity index (χ3v) is 3.95. The van der Waals surface area contributed by atoms with Gasteiger partial charge in [0.25, 0.3) is 0 Å². The van der Waals surface area contributed by atoms with Crippen LogP contribution in [0.1, 0.15) is 31.2 Å². The molecule has 1 aromatic carbocycles. The van der Waals surface area contributed by atoms with E-state index in [0.717, 1.165) is 11.3 Å². The number of ether oxygens (including phenoxy) is 1. The van der Waals surface area contributed by atoms with Gasteiger partial charge in [0.2, 0.25) is 0 Å². The van der Waals surface area contributed by atoms with Crippen LogP contribution in [-0.4, -0.2) is 16.7 Å².